The van der Waals surface area contributed by atoms with Gasteiger partial charge in [0.05, 0.1) is 11.8 Å². The molecule has 0 bridgehead atoms. The van der Waals surface area contributed by atoms with Gasteiger partial charge in [-0.15, -0.1) is 21.5 Å². The third-order valence-electron chi connectivity index (χ3n) is 4.48. The fourth-order valence-corrected chi connectivity index (χ4v) is 4.44. The number of thioether (sulfide) groups is 1. The second-order valence-electron chi connectivity index (χ2n) is 6.53. The number of carbonyl (C=O) groups excluding carboxylic acids is 1. The fourth-order valence-electron chi connectivity index (χ4n) is 2.91. The Morgan fingerprint density at radius 2 is 2.11 bits per heavy atom. The van der Waals surface area contributed by atoms with Crippen molar-refractivity contribution in [2.75, 3.05) is 5.75 Å². The molecule has 1 amide bonds. The summed E-state index contributed by atoms with van der Waals surface area (Å²) in [4.78, 5) is 13.6. The normalized spacial score (nSPS) is 14.9. The Bertz CT molecular complexity index is 920. The predicted molar refractivity (Wildman–Crippen MR) is 104 cm³/mol. The third-order valence-corrected chi connectivity index (χ3v) is 6.44. The molecule has 27 heavy (non-hydrogen) atoms. The van der Waals surface area contributed by atoms with Crippen LogP contribution in [0.3, 0.4) is 0 Å². The minimum atomic E-state index is -0.292. The van der Waals surface area contributed by atoms with E-state index in [9.17, 15) is 9.18 Å². The van der Waals surface area contributed by atoms with Crippen LogP contribution in [0, 0.1) is 5.82 Å². The largest absolute Gasteiger partial charge is 0.344 e. The highest BCUT2D eigenvalue weighted by Gasteiger charge is 2.29. The summed E-state index contributed by atoms with van der Waals surface area (Å²) in [7, 11) is 1.95. The van der Waals surface area contributed by atoms with E-state index in [4.69, 9.17) is 0 Å². The van der Waals surface area contributed by atoms with Crippen LogP contribution in [0.4, 0.5) is 4.39 Å². The molecule has 1 aromatic carbocycles. The van der Waals surface area contributed by atoms with E-state index < -0.39 is 0 Å². The lowest BCUT2D eigenvalue weighted by atomic mass is 10.1. The number of aromatic nitrogens is 3. The average Bonchev–Trinajstić information content (AvgIpc) is 3.22. The molecule has 140 valence electrons. The Balaban J connectivity index is 1.43. The first kappa shape index (κ1) is 18.2. The molecule has 1 aliphatic rings. The van der Waals surface area contributed by atoms with Crippen molar-refractivity contribution in [1.29, 1.82) is 0 Å². The number of hydrogen-bond acceptors (Lipinski definition) is 5. The zero-order valence-electron chi connectivity index (χ0n) is 14.8. The molecule has 0 aliphatic heterocycles. The molecular formula is C19H19FN4OS2. The number of benzene rings is 1. The molecule has 0 radical (unpaired) electrons. The van der Waals surface area contributed by atoms with Gasteiger partial charge in [0.25, 0.3) is 0 Å². The van der Waals surface area contributed by atoms with Crippen LogP contribution in [0.15, 0.2) is 46.9 Å². The molecule has 1 saturated carbocycles. The second kappa shape index (κ2) is 7.82. The highest BCUT2D eigenvalue weighted by molar-refractivity contribution is 7.99. The number of hydrogen-bond donors (Lipinski definition) is 1. The standard InChI is InChI=1S/C19H19FN4OS2/c1-24-18(13-4-5-13)22-23-19(24)27-11-16(25)21-17(15-3-2-10-26-15)12-6-8-14(20)9-7-12/h2-3,6-10,13,17H,4-5,11H2,1H3,(H,21,25)/t17-/m1/s1. The number of amides is 1. The van der Waals surface area contributed by atoms with Gasteiger partial charge < -0.3 is 9.88 Å². The zero-order chi connectivity index (χ0) is 18.8. The van der Waals surface area contributed by atoms with Gasteiger partial charge in [-0.05, 0) is 42.0 Å². The van der Waals surface area contributed by atoms with Gasteiger partial charge in [0.15, 0.2) is 5.16 Å². The molecular weight excluding hydrogens is 383 g/mol. The molecule has 1 fully saturated rings. The Hall–Kier alpha value is -2.19. The third kappa shape index (κ3) is 4.22. The van der Waals surface area contributed by atoms with Crippen molar-refractivity contribution in [3.63, 3.8) is 0 Å². The summed E-state index contributed by atoms with van der Waals surface area (Å²) < 4.78 is 15.2. The summed E-state index contributed by atoms with van der Waals surface area (Å²) in [6, 6.07) is 9.86. The summed E-state index contributed by atoms with van der Waals surface area (Å²) in [5.41, 5.74) is 0.854. The van der Waals surface area contributed by atoms with Crippen molar-refractivity contribution in [2.24, 2.45) is 7.05 Å². The fraction of sp³-hybridized carbons (Fsp3) is 0.316. The van der Waals surface area contributed by atoms with Crippen LogP contribution in [0.2, 0.25) is 0 Å². The van der Waals surface area contributed by atoms with Crippen molar-refractivity contribution in [1.82, 2.24) is 20.1 Å². The molecule has 2 aromatic heterocycles. The maximum atomic E-state index is 13.3. The van der Waals surface area contributed by atoms with Crippen molar-refractivity contribution in [3.8, 4) is 0 Å². The summed E-state index contributed by atoms with van der Waals surface area (Å²) >= 11 is 2.94. The van der Waals surface area contributed by atoms with E-state index >= 15 is 0 Å². The number of thiophene rings is 1. The van der Waals surface area contributed by atoms with Crippen molar-refractivity contribution in [2.45, 2.75) is 30.0 Å². The van der Waals surface area contributed by atoms with E-state index in [1.54, 1.807) is 23.5 Å². The van der Waals surface area contributed by atoms with Crippen LogP contribution in [-0.4, -0.2) is 26.4 Å². The van der Waals surface area contributed by atoms with Gasteiger partial charge in [0, 0.05) is 17.8 Å². The van der Waals surface area contributed by atoms with Crippen LogP contribution in [0.1, 0.15) is 41.1 Å². The minimum absolute atomic E-state index is 0.0984. The van der Waals surface area contributed by atoms with Crippen LogP contribution < -0.4 is 5.32 Å². The van der Waals surface area contributed by atoms with Crippen LogP contribution in [0.5, 0.6) is 0 Å². The SMILES string of the molecule is Cn1c(SCC(=O)N[C@H](c2ccc(F)cc2)c2cccs2)nnc1C1CC1. The van der Waals surface area contributed by atoms with Gasteiger partial charge in [-0.3, -0.25) is 4.79 Å². The minimum Gasteiger partial charge on any atom is -0.344 e. The van der Waals surface area contributed by atoms with Crippen LogP contribution >= 0.6 is 23.1 Å². The monoisotopic (exact) mass is 402 g/mol. The highest BCUT2D eigenvalue weighted by Crippen LogP contribution is 2.39. The first-order valence-electron chi connectivity index (χ1n) is 8.72. The van der Waals surface area contributed by atoms with Crippen LogP contribution in [0.25, 0.3) is 0 Å². The summed E-state index contributed by atoms with van der Waals surface area (Å²) in [6.07, 6.45) is 2.33. The number of halogens is 1. The lowest BCUT2D eigenvalue weighted by Gasteiger charge is -2.18. The molecule has 1 aliphatic carbocycles. The Morgan fingerprint density at radius 3 is 2.78 bits per heavy atom. The Morgan fingerprint density at radius 1 is 1.33 bits per heavy atom. The van der Waals surface area contributed by atoms with Gasteiger partial charge in [-0.1, -0.05) is 30.0 Å². The first-order chi connectivity index (χ1) is 13.1. The number of rotatable bonds is 7. The van der Waals surface area contributed by atoms with E-state index in [1.807, 2.05) is 29.1 Å². The molecule has 1 atom stereocenters. The molecule has 1 N–H and O–H groups in total. The maximum Gasteiger partial charge on any atom is 0.231 e. The summed E-state index contributed by atoms with van der Waals surface area (Å²) in [5, 5.41) is 14.2. The van der Waals surface area contributed by atoms with Crippen molar-refractivity contribution in [3.05, 3.63) is 63.9 Å². The zero-order valence-corrected chi connectivity index (χ0v) is 16.4. The smallest absolute Gasteiger partial charge is 0.231 e. The highest BCUT2D eigenvalue weighted by atomic mass is 32.2. The number of carbonyl (C=O) groups is 1. The van der Waals surface area contributed by atoms with E-state index in [-0.39, 0.29) is 23.5 Å². The Kier molecular flexibility index (Phi) is 5.27. The van der Waals surface area contributed by atoms with Gasteiger partial charge >= 0.3 is 0 Å². The Labute approximate surface area is 165 Å². The molecule has 0 spiro atoms. The average molecular weight is 403 g/mol. The molecule has 0 saturated heterocycles. The van der Waals surface area contributed by atoms with E-state index in [0.717, 1.165) is 34.3 Å². The predicted octanol–water partition coefficient (Wildman–Crippen LogP) is 3.89. The lowest BCUT2D eigenvalue weighted by Crippen LogP contribution is -2.30. The number of nitrogens with zero attached hydrogens (tertiary/aromatic N) is 3. The summed E-state index contributed by atoms with van der Waals surface area (Å²) in [5.74, 6) is 1.38. The van der Waals surface area contributed by atoms with Crippen molar-refractivity contribution < 1.29 is 9.18 Å². The van der Waals surface area contributed by atoms with E-state index in [1.165, 1.54) is 23.9 Å². The van der Waals surface area contributed by atoms with Gasteiger partial charge in [-0.25, -0.2) is 4.39 Å². The summed E-state index contributed by atoms with van der Waals surface area (Å²) in [6.45, 7) is 0. The van der Waals surface area contributed by atoms with Gasteiger partial charge in [0.1, 0.15) is 11.6 Å². The molecule has 4 rings (SSSR count). The van der Waals surface area contributed by atoms with Gasteiger partial charge in [0.2, 0.25) is 5.91 Å². The maximum absolute atomic E-state index is 13.3. The second-order valence-corrected chi connectivity index (χ2v) is 8.45. The number of nitrogens with one attached hydrogen (secondary N) is 1. The van der Waals surface area contributed by atoms with E-state index in [2.05, 4.69) is 15.5 Å². The van der Waals surface area contributed by atoms with E-state index in [0.29, 0.717) is 5.92 Å². The molecule has 2 heterocycles. The van der Waals surface area contributed by atoms with Crippen molar-refractivity contribution >= 4 is 29.0 Å². The molecule has 5 nitrogen and oxygen atoms in total. The lowest BCUT2D eigenvalue weighted by molar-refractivity contribution is -0.119. The molecule has 0 unspecified atom stereocenters. The first-order valence-corrected chi connectivity index (χ1v) is 10.6. The van der Waals surface area contributed by atoms with Gasteiger partial charge in [-0.2, -0.15) is 0 Å². The van der Waals surface area contributed by atoms with Crippen LogP contribution in [-0.2, 0) is 11.8 Å². The molecule has 3 aromatic rings. The molecule has 8 heteroatoms. The quantitative estimate of drug-likeness (QED) is 0.609. The topological polar surface area (TPSA) is 59.8 Å².